The number of hydrogen-bond donors (Lipinski definition) is 1. The topological polar surface area (TPSA) is 46.6 Å². The second kappa shape index (κ2) is 6.59. The fourth-order valence-corrected chi connectivity index (χ4v) is 2.85. The molecule has 7 heteroatoms. The van der Waals surface area contributed by atoms with E-state index in [0.29, 0.717) is 0 Å². The predicted molar refractivity (Wildman–Crippen MR) is 97.0 cm³/mol. The fraction of sp³-hybridized carbons (Fsp3) is 0.688. The van der Waals surface area contributed by atoms with Gasteiger partial charge in [0.25, 0.3) is 0 Å². The van der Waals surface area contributed by atoms with Crippen LogP contribution in [0.25, 0.3) is 0 Å². The molecule has 2 saturated heterocycles. The minimum atomic E-state index is -0.338. The summed E-state index contributed by atoms with van der Waals surface area (Å²) in [4.78, 5) is 7.09. The van der Waals surface area contributed by atoms with Crippen LogP contribution in [0.5, 0.6) is 0 Å². The molecule has 1 aromatic heterocycles. The number of halogens is 1. The normalized spacial score (nSPS) is 22.8. The lowest BCUT2D eigenvalue weighted by atomic mass is 9.78. The lowest BCUT2D eigenvalue weighted by molar-refractivity contribution is 0.00578. The van der Waals surface area contributed by atoms with Crippen LogP contribution in [0.1, 0.15) is 33.4 Å². The number of nitrogens with zero attached hydrogens (tertiary/aromatic N) is 2. The molecule has 1 N–H and O–H groups in total. The predicted octanol–water partition coefficient (Wildman–Crippen LogP) is 1.52. The van der Waals surface area contributed by atoms with Gasteiger partial charge in [0.2, 0.25) is 0 Å². The Morgan fingerprint density at radius 3 is 2.17 bits per heavy atom. The van der Waals surface area contributed by atoms with Gasteiger partial charge in [0.1, 0.15) is 5.82 Å². The van der Waals surface area contributed by atoms with E-state index in [2.05, 4.69) is 50.0 Å². The van der Waals surface area contributed by atoms with Crippen LogP contribution in [0.2, 0.25) is 0 Å². The van der Waals surface area contributed by atoms with Gasteiger partial charge >= 0.3 is 7.12 Å². The molecule has 0 spiro atoms. The van der Waals surface area contributed by atoms with E-state index in [1.54, 1.807) is 0 Å². The molecule has 0 aliphatic carbocycles. The number of aryl methyl sites for hydroxylation is 1. The largest absolute Gasteiger partial charge is 0.496 e. The average Bonchev–Trinajstić information content (AvgIpc) is 2.68. The molecule has 128 valence electrons. The van der Waals surface area contributed by atoms with Gasteiger partial charge in [-0.15, -0.1) is 12.4 Å². The van der Waals surface area contributed by atoms with Gasteiger partial charge in [0.05, 0.1) is 11.2 Å². The molecule has 0 aromatic carbocycles. The standard InChI is InChI=1S/C16H26BN3O2.ClH/c1-12-13(17-21-15(2,3)16(4,5)22-17)6-7-14(19-12)20-10-8-18-9-11-20;/h6-7,18H,8-11H2,1-5H3;1H. The minimum absolute atomic E-state index is 0. The average molecular weight is 340 g/mol. The summed E-state index contributed by atoms with van der Waals surface area (Å²) in [5, 5.41) is 3.36. The summed E-state index contributed by atoms with van der Waals surface area (Å²) in [6.45, 7) is 14.4. The van der Waals surface area contributed by atoms with E-state index in [0.717, 1.165) is 43.2 Å². The van der Waals surface area contributed by atoms with Crippen LogP contribution in [0.15, 0.2) is 12.1 Å². The number of aromatic nitrogens is 1. The second-order valence-corrected chi connectivity index (χ2v) is 7.17. The molecule has 0 amide bonds. The van der Waals surface area contributed by atoms with E-state index >= 15 is 0 Å². The van der Waals surface area contributed by atoms with Gasteiger partial charge in [-0.3, -0.25) is 0 Å². The third kappa shape index (κ3) is 3.50. The van der Waals surface area contributed by atoms with Crippen molar-refractivity contribution in [3.8, 4) is 0 Å². The molecular formula is C16H27BClN3O2. The van der Waals surface area contributed by atoms with Crippen molar-refractivity contribution < 1.29 is 9.31 Å². The van der Waals surface area contributed by atoms with Crippen molar-refractivity contribution in [2.45, 2.75) is 45.8 Å². The van der Waals surface area contributed by atoms with Crippen LogP contribution in [0, 0.1) is 6.92 Å². The van der Waals surface area contributed by atoms with Gasteiger partial charge in [-0.05, 0) is 40.7 Å². The molecule has 5 nitrogen and oxygen atoms in total. The van der Waals surface area contributed by atoms with E-state index in [4.69, 9.17) is 14.3 Å². The maximum atomic E-state index is 6.13. The summed E-state index contributed by atoms with van der Waals surface area (Å²) in [5.74, 6) is 1.04. The lowest BCUT2D eigenvalue weighted by Gasteiger charge is -2.32. The van der Waals surface area contributed by atoms with Crippen molar-refractivity contribution in [1.82, 2.24) is 10.3 Å². The molecule has 2 fully saturated rings. The third-order valence-electron chi connectivity index (χ3n) is 5.06. The Bertz CT molecular complexity index is 546. The maximum Gasteiger partial charge on any atom is 0.496 e. The molecule has 0 unspecified atom stereocenters. The molecule has 0 atom stereocenters. The van der Waals surface area contributed by atoms with Crippen LogP contribution in [-0.2, 0) is 9.31 Å². The number of pyridine rings is 1. The van der Waals surface area contributed by atoms with Crippen molar-refractivity contribution in [2.24, 2.45) is 0 Å². The molecule has 0 radical (unpaired) electrons. The molecule has 0 bridgehead atoms. The van der Waals surface area contributed by atoms with Crippen molar-refractivity contribution in [1.29, 1.82) is 0 Å². The van der Waals surface area contributed by atoms with Crippen molar-refractivity contribution >= 4 is 30.8 Å². The van der Waals surface area contributed by atoms with Crippen molar-refractivity contribution in [2.75, 3.05) is 31.1 Å². The molecular weight excluding hydrogens is 312 g/mol. The summed E-state index contributed by atoms with van der Waals surface area (Å²) < 4.78 is 12.3. The summed E-state index contributed by atoms with van der Waals surface area (Å²) >= 11 is 0. The van der Waals surface area contributed by atoms with Gasteiger partial charge in [0, 0.05) is 37.3 Å². The highest BCUT2D eigenvalue weighted by Gasteiger charge is 2.52. The van der Waals surface area contributed by atoms with Gasteiger partial charge < -0.3 is 19.5 Å². The first-order chi connectivity index (χ1) is 10.3. The van der Waals surface area contributed by atoms with E-state index < -0.39 is 0 Å². The Morgan fingerprint density at radius 2 is 1.65 bits per heavy atom. The molecule has 0 saturated carbocycles. The van der Waals surface area contributed by atoms with E-state index in [9.17, 15) is 0 Å². The highest BCUT2D eigenvalue weighted by atomic mass is 35.5. The molecule has 2 aliphatic rings. The highest BCUT2D eigenvalue weighted by molar-refractivity contribution is 6.62. The second-order valence-electron chi connectivity index (χ2n) is 7.17. The number of hydrogen-bond acceptors (Lipinski definition) is 5. The van der Waals surface area contributed by atoms with Gasteiger partial charge in [0.15, 0.2) is 0 Å². The van der Waals surface area contributed by atoms with Gasteiger partial charge in [-0.25, -0.2) is 4.98 Å². The number of nitrogens with one attached hydrogen (secondary N) is 1. The van der Waals surface area contributed by atoms with Crippen molar-refractivity contribution in [3.63, 3.8) is 0 Å². The lowest BCUT2D eigenvalue weighted by Crippen LogP contribution is -2.44. The SMILES string of the molecule is Cc1nc(N2CCNCC2)ccc1B1OC(C)(C)C(C)(C)O1.Cl. The van der Waals surface area contributed by atoms with Crippen LogP contribution >= 0.6 is 12.4 Å². The number of anilines is 1. The number of rotatable bonds is 2. The first-order valence-corrected chi connectivity index (χ1v) is 8.09. The van der Waals surface area contributed by atoms with E-state index in [1.807, 2.05) is 6.92 Å². The van der Waals surface area contributed by atoms with Gasteiger partial charge in [-0.2, -0.15) is 0 Å². The summed E-state index contributed by atoms with van der Waals surface area (Å²) in [6.07, 6.45) is 0. The summed E-state index contributed by atoms with van der Waals surface area (Å²) in [7, 11) is -0.338. The Morgan fingerprint density at radius 1 is 1.09 bits per heavy atom. The summed E-state index contributed by atoms with van der Waals surface area (Å²) in [5.41, 5.74) is 1.37. The Labute approximate surface area is 145 Å². The highest BCUT2D eigenvalue weighted by Crippen LogP contribution is 2.36. The Balaban J connectivity index is 0.00000192. The van der Waals surface area contributed by atoms with Crippen LogP contribution < -0.4 is 15.7 Å². The van der Waals surface area contributed by atoms with E-state index in [1.165, 1.54) is 0 Å². The fourth-order valence-electron chi connectivity index (χ4n) is 2.85. The molecule has 2 aliphatic heterocycles. The monoisotopic (exact) mass is 339 g/mol. The summed E-state index contributed by atoms with van der Waals surface area (Å²) in [6, 6.07) is 4.18. The maximum absolute atomic E-state index is 6.13. The van der Waals surface area contributed by atoms with Crippen molar-refractivity contribution in [3.05, 3.63) is 17.8 Å². The molecule has 23 heavy (non-hydrogen) atoms. The van der Waals surface area contributed by atoms with Crippen LogP contribution in [0.3, 0.4) is 0 Å². The smallest absolute Gasteiger partial charge is 0.399 e. The zero-order valence-electron chi connectivity index (χ0n) is 14.7. The molecule has 1 aromatic rings. The quantitative estimate of drug-likeness (QED) is 0.828. The minimum Gasteiger partial charge on any atom is -0.399 e. The Hall–Kier alpha value is -0.815. The zero-order chi connectivity index (χ0) is 16.0. The number of piperazine rings is 1. The Kier molecular flexibility index (Phi) is 5.31. The van der Waals surface area contributed by atoms with Crippen LogP contribution in [0.4, 0.5) is 5.82 Å². The first kappa shape index (κ1) is 18.5. The van der Waals surface area contributed by atoms with E-state index in [-0.39, 0.29) is 30.7 Å². The van der Waals surface area contributed by atoms with Gasteiger partial charge in [-0.1, -0.05) is 6.07 Å². The zero-order valence-corrected chi connectivity index (χ0v) is 15.5. The molecule has 3 heterocycles. The third-order valence-corrected chi connectivity index (χ3v) is 5.06. The van der Waals surface area contributed by atoms with Crippen LogP contribution in [-0.4, -0.2) is 49.5 Å². The molecule has 3 rings (SSSR count). The first-order valence-electron chi connectivity index (χ1n) is 8.09.